The van der Waals surface area contributed by atoms with Crippen LogP contribution < -0.4 is 10.6 Å². The normalized spacial score (nSPS) is 18.0. The Morgan fingerprint density at radius 1 is 1.16 bits per heavy atom. The highest BCUT2D eigenvalue weighted by Crippen LogP contribution is 2.36. The molecule has 1 aromatic carbocycles. The molecule has 0 aromatic heterocycles. The Morgan fingerprint density at radius 2 is 1.79 bits per heavy atom. The molecule has 0 atom stereocenters. The first-order valence-corrected chi connectivity index (χ1v) is 7.19. The highest BCUT2D eigenvalue weighted by molar-refractivity contribution is 5.95. The van der Waals surface area contributed by atoms with Gasteiger partial charge in [0.15, 0.2) is 0 Å². The Hall–Kier alpha value is -1.35. The second kappa shape index (κ2) is 6.20. The van der Waals surface area contributed by atoms with Gasteiger partial charge in [0.25, 0.3) is 0 Å². The topological polar surface area (TPSA) is 41.1 Å². The molecule has 1 aromatic rings. The predicted molar refractivity (Wildman–Crippen MR) is 79.0 cm³/mol. The van der Waals surface area contributed by atoms with Crippen molar-refractivity contribution in [3.05, 3.63) is 29.8 Å². The lowest BCUT2D eigenvalue weighted by Crippen LogP contribution is -2.35. The average molecular weight is 260 g/mol. The van der Waals surface area contributed by atoms with Crippen LogP contribution in [0.1, 0.15) is 44.6 Å². The van der Waals surface area contributed by atoms with Gasteiger partial charge in [0, 0.05) is 17.6 Å². The first-order valence-electron chi connectivity index (χ1n) is 7.19. The maximum Gasteiger partial charge on any atom is 0.230 e. The van der Waals surface area contributed by atoms with E-state index in [1.165, 1.54) is 24.8 Å². The van der Waals surface area contributed by atoms with Crippen molar-refractivity contribution in [2.75, 3.05) is 12.4 Å². The number of hydrogen-bond acceptors (Lipinski definition) is 2. The molecule has 1 saturated carbocycles. The van der Waals surface area contributed by atoms with Crippen LogP contribution in [0, 0.1) is 5.41 Å². The van der Waals surface area contributed by atoms with E-state index in [0.29, 0.717) is 0 Å². The molecule has 0 aliphatic heterocycles. The van der Waals surface area contributed by atoms with Gasteiger partial charge >= 0.3 is 0 Å². The molecular formula is C16H24N2O. The zero-order valence-electron chi connectivity index (χ0n) is 12.0. The zero-order chi connectivity index (χ0) is 13.7. The van der Waals surface area contributed by atoms with Crippen LogP contribution in [0.15, 0.2) is 24.3 Å². The van der Waals surface area contributed by atoms with E-state index in [-0.39, 0.29) is 11.3 Å². The lowest BCUT2D eigenvalue weighted by molar-refractivity contribution is -0.126. The molecule has 1 aliphatic rings. The van der Waals surface area contributed by atoms with E-state index < -0.39 is 0 Å². The van der Waals surface area contributed by atoms with E-state index >= 15 is 0 Å². The number of nitrogens with one attached hydrogen (secondary N) is 2. The van der Waals surface area contributed by atoms with E-state index in [9.17, 15) is 4.79 Å². The summed E-state index contributed by atoms with van der Waals surface area (Å²) in [7, 11) is 1.93. The van der Waals surface area contributed by atoms with E-state index in [0.717, 1.165) is 25.1 Å². The summed E-state index contributed by atoms with van der Waals surface area (Å²) in [6.45, 7) is 2.95. The minimum absolute atomic E-state index is 0.175. The molecule has 1 fully saturated rings. The fraction of sp³-hybridized carbons (Fsp3) is 0.562. The molecule has 3 heteroatoms. The summed E-state index contributed by atoms with van der Waals surface area (Å²) >= 11 is 0. The molecule has 0 saturated heterocycles. The number of anilines is 1. The lowest BCUT2D eigenvalue weighted by atomic mass is 9.75. The summed E-state index contributed by atoms with van der Waals surface area (Å²) in [5, 5.41) is 6.18. The molecule has 3 nitrogen and oxygen atoms in total. The van der Waals surface area contributed by atoms with Crippen LogP contribution >= 0.6 is 0 Å². The van der Waals surface area contributed by atoms with E-state index in [4.69, 9.17) is 0 Å². The van der Waals surface area contributed by atoms with Crippen LogP contribution in [-0.2, 0) is 11.3 Å². The molecule has 2 N–H and O–H groups in total. The molecule has 0 radical (unpaired) electrons. The number of carbonyl (C=O) groups is 1. The smallest absolute Gasteiger partial charge is 0.230 e. The molecule has 19 heavy (non-hydrogen) atoms. The van der Waals surface area contributed by atoms with Gasteiger partial charge in [-0.15, -0.1) is 0 Å². The quantitative estimate of drug-likeness (QED) is 0.872. The monoisotopic (exact) mass is 260 g/mol. The van der Waals surface area contributed by atoms with Gasteiger partial charge in [-0.05, 0) is 37.6 Å². The summed E-state index contributed by atoms with van der Waals surface area (Å²) in [5.74, 6) is 0.175. The summed E-state index contributed by atoms with van der Waals surface area (Å²) in [6, 6.07) is 8.07. The Bertz CT molecular complexity index is 419. The van der Waals surface area contributed by atoms with Gasteiger partial charge < -0.3 is 10.6 Å². The Kier molecular flexibility index (Phi) is 4.59. The van der Waals surface area contributed by atoms with Crippen molar-refractivity contribution in [3.63, 3.8) is 0 Å². The molecule has 1 amide bonds. The van der Waals surface area contributed by atoms with Gasteiger partial charge in [-0.3, -0.25) is 4.79 Å². The van der Waals surface area contributed by atoms with Crippen LogP contribution in [-0.4, -0.2) is 13.0 Å². The molecule has 1 aliphatic carbocycles. The fourth-order valence-electron chi connectivity index (χ4n) is 2.75. The molecule has 0 bridgehead atoms. The molecule has 104 valence electrons. The number of hydrogen-bond donors (Lipinski definition) is 2. The van der Waals surface area contributed by atoms with Crippen molar-refractivity contribution in [2.24, 2.45) is 5.41 Å². The van der Waals surface area contributed by atoms with Gasteiger partial charge in [-0.25, -0.2) is 0 Å². The Labute approximate surface area is 115 Å². The highest BCUT2D eigenvalue weighted by Gasteiger charge is 2.34. The van der Waals surface area contributed by atoms with Crippen molar-refractivity contribution in [3.8, 4) is 0 Å². The van der Waals surface area contributed by atoms with Crippen LogP contribution in [0.25, 0.3) is 0 Å². The van der Waals surface area contributed by atoms with Crippen LogP contribution in [0.3, 0.4) is 0 Å². The van der Waals surface area contributed by atoms with Gasteiger partial charge in [-0.1, -0.05) is 38.3 Å². The number of amides is 1. The van der Waals surface area contributed by atoms with Gasteiger partial charge in [0.1, 0.15) is 0 Å². The summed E-state index contributed by atoms with van der Waals surface area (Å²) in [4.78, 5) is 12.4. The SMILES string of the molecule is CNCc1ccc(NC(=O)C2(C)CCCCC2)cc1. The van der Waals surface area contributed by atoms with Crippen LogP contribution in [0.4, 0.5) is 5.69 Å². The number of benzene rings is 1. The summed E-state index contributed by atoms with van der Waals surface area (Å²) in [5.41, 5.74) is 1.95. The molecule has 0 spiro atoms. The molecule has 0 unspecified atom stereocenters. The van der Waals surface area contributed by atoms with Gasteiger partial charge in [0.05, 0.1) is 0 Å². The maximum atomic E-state index is 12.4. The van der Waals surface area contributed by atoms with Crippen molar-refractivity contribution < 1.29 is 4.79 Å². The molecular weight excluding hydrogens is 236 g/mol. The van der Waals surface area contributed by atoms with Crippen molar-refractivity contribution in [2.45, 2.75) is 45.6 Å². The van der Waals surface area contributed by atoms with Gasteiger partial charge in [-0.2, -0.15) is 0 Å². The molecule has 2 rings (SSSR count). The van der Waals surface area contributed by atoms with Crippen LogP contribution in [0.2, 0.25) is 0 Å². The van der Waals surface area contributed by atoms with Crippen LogP contribution in [0.5, 0.6) is 0 Å². The van der Waals surface area contributed by atoms with Crippen molar-refractivity contribution in [1.82, 2.24) is 5.32 Å². The zero-order valence-corrected chi connectivity index (χ0v) is 12.0. The largest absolute Gasteiger partial charge is 0.326 e. The first kappa shape index (κ1) is 14.1. The Morgan fingerprint density at radius 3 is 2.37 bits per heavy atom. The summed E-state index contributed by atoms with van der Waals surface area (Å²) < 4.78 is 0. The second-order valence-electron chi connectivity index (χ2n) is 5.80. The second-order valence-corrected chi connectivity index (χ2v) is 5.80. The fourth-order valence-corrected chi connectivity index (χ4v) is 2.75. The number of rotatable bonds is 4. The van der Waals surface area contributed by atoms with E-state index in [1.54, 1.807) is 0 Å². The van der Waals surface area contributed by atoms with Gasteiger partial charge in [0.2, 0.25) is 5.91 Å². The standard InChI is InChI=1S/C16H24N2O/c1-16(10-4-3-5-11-16)15(19)18-14-8-6-13(7-9-14)12-17-2/h6-9,17H,3-5,10-12H2,1-2H3,(H,18,19). The summed E-state index contributed by atoms with van der Waals surface area (Å²) in [6.07, 6.45) is 5.63. The first-order chi connectivity index (χ1) is 9.14. The third kappa shape index (κ3) is 3.57. The highest BCUT2D eigenvalue weighted by atomic mass is 16.2. The Balaban J connectivity index is 1.98. The minimum Gasteiger partial charge on any atom is -0.326 e. The average Bonchev–Trinajstić information content (AvgIpc) is 2.42. The maximum absolute atomic E-state index is 12.4. The molecule has 0 heterocycles. The van der Waals surface area contributed by atoms with E-state index in [1.807, 2.05) is 19.2 Å². The predicted octanol–water partition coefficient (Wildman–Crippen LogP) is 3.31. The third-order valence-corrected chi connectivity index (χ3v) is 4.10. The lowest BCUT2D eigenvalue weighted by Gasteiger charge is -2.32. The van der Waals surface area contributed by atoms with E-state index in [2.05, 4.69) is 29.7 Å². The third-order valence-electron chi connectivity index (χ3n) is 4.10. The number of carbonyl (C=O) groups excluding carboxylic acids is 1. The minimum atomic E-state index is -0.179. The van der Waals surface area contributed by atoms with Crippen molar-refractivity contribution in [1.29, 1.82) is 0 Å². The van der Waals surface area contributed by atoms with Crippen molar-refractivity contribution >= 4 is 11.6 Å².